The zero-order valence-corrected chi connectivity index (χ0v) is 30.6. The third-order valence-corrected chi connectivity index (χ3v) is 9.01. The Hall–Kier alpha value is -8.97. The van der Waals surface area contributed by atoms with E-state index in [-0.39, 0.29) is 0 Å². The predicted molar refractivity (Wildman–Crippen MR) is 175 cm³/mol. The largest absolute Gasteiger partial charge is 0.417 e. The molecule has 1 saturated carbocycles. The van der Waals surface area contributed by atoms with Crippen molar-refractivity contribution in [3.63, 3.8) is 0 Å². The SMILES string of the molecule is N#CC(=C1C(=C(C#N)c2c(C#N)c(C(F)(F)F)cc(C(F)(F)F)c2C#N)C1=C(C#N)c1c(C#N)c(C(F)(F)F)cc(C(F)(F)F)c1C#N)c1c(C#N)c(C(F)(F)F)cc(C(F)(F)F)c1C#N. The van der Waals surface area contributed by atoms with Gasteiger partial charge >= 0.3 is 37.1 Å². The molecule has 27 heteroatoms. The number of nitriles is 9. The number of nitrogens with zero attached hydrogens (tertiary/aromatic N) is 9. The summed E-state index contributed by atoms with van der Waals surface area (Å²) < 4.78 is 258. The van der Waals surface area contributed by atoms with Gasteiger partial charge in [-0.2, -0.15) is 126 Å². The van der Waals surface area contributed by atoms with Gasteiger partial charge in [-0.05, 0) is 18.2 Å². The van der Waals surface area contributed by atoms with E-state index in [0.29, 0.717) is 36.4 Å². The van der Waals surface area contributed by atoms with E-state index >= 15 is 0 Å². The fraction of sp³-hybridized carbons (Fsp3) is 0.154. The Bertz CT molecular complexity index is 2690. The monoisotopic (exact) mass is 939 g/mol. The normalized spacial score (nSPS) is 12.8. The van der Waals surface area contributed by atoms with Crippen LogP contribution >= 0.6 is 0 Å². The van der Waals surface area contributed by atoms with Gasteiger partial charge < -0.3 is 0 Å². The Balaban J connectivity index is 2.70. The van der Waals surface area contributed by atoms with Crippen LogP contribution in [-0.4, -0.2) is 0 Å². The second kappa shape index (κ2) is 16.3. The van der Waals surface area contributed by atoms with E-state index in [4.69, 9.17) is 0 Å². The van der Waals surface area contributed by atoms with Gasteiger partial charge in [-0.25, -0.2) is 0 Å². The maximum Gasteiger partial charge on any atom is 0.417 e. The van der Waals surface area contributed by atoms with Crippen molar-refractivity contribution in [3.05, 3.63) is 118 Å². The Morgan fingerprint density at radius 2 is 0.409 bits per heavy atom. The number of benzene rings is 3. The molecule has 3 aromatic rings. The average Bonchev–Trinajstić information content (AvgIpc) is 3.91. The van der Waals surface area contributed by atoms with Crippen LogP contribution in [-0.2, 0) is 37.1 Å². The molecule has 0 bridgehead atoms. The van der Waals surface area contributed by atoms with Crippen molar-refractivity contribution in [2.24, 2.45) is 0 Å². The Labute approximate surface area is 353 Å². The van der Waals surface area contributed by atoms with Crippen molar-refractivity contribution in [2.45, 2.75) is 37.1 Å². The van der Waals surface area contributed by atoms with E-state index < -0.39 is 172 Å². The van der Waals surface area contributed by atoms with E-state index in [0.717, 1.165) is 18.2 Å². The topological polar surface area (TPSA) is 214 Å². The molecule has 0 saturated heterocycles. The molecular formula is C39H3F18N9. The minimum atomic E-state index is -6.10. The van der Waals surface area contributed by atoms with E-state index in [1.807, 2.05) is 0 Å². The Kier molecular flexibility index (Phi) is 12.3. The maximum absolute atomic E-state index is 14.3. The third kappa shape index (κ3) is 8.31. The minimum Gasteiger partial charge on any atom is -0.192 e. The van der Waals surface area contributed by atoms with Crippen molar-refractivity contribution in [1.82, 2.24) is 0 Å². The van der Waals surface area contributed by atoms with Crippen LogP contribution < -0.4 is 0 Å². The zero-order valence-electron chi connectivity index (χ0n) is 30.6. The van der Waals surface area contributed by atoms with Gasteiger partial charge in [-0.1, -0.05) is 0 Å². The Morgan fingerprint density at radius 1 is 0.273 bits per heavy atom. The minimum absolute atomic E-state index is 0.712. The van der Waals surface area contributed by atoms with E-state index in [1.54, 1.807) is 0 Å². The first-order valence-electron chi connectivity index (χ1n) is 16.1. The number of hydrogen-bond acceptors (Lipinski definition) is 9. The summed E-state index contributed by atoms with van der Waals surface area (Å²) in [6.07, 6.45) is -36.6. The summed E-state index contributed by atoms with van der Waals surface area (Å²) in [5.74, 6) is 0. The van der Waals surface area contributed by atoms with Gasteiger partial charge in [0.25, 0.3) is 0 Å². The van der Waals surface area contributed by atoms with Gasteiger partial charge in [-0.3, -0.25) is 0 Å². The van der Waals surface area contributed by atoms with Gasteiger partial charge in [0, 0.05) is 33.4 Å². The summed E-state index contributed by atoms with van der Waals surface area (Å²) in [4.78, 5) is 0. The highest BCUT2D eigenvalue weighted by Gasteiger charge is 2.51. The summed E-state index contributed by atoms with van der Waals surface area (Å²) in [7, 11) is 0. The smallest absolute Gasteiger partial charge is 0.192 e. The van der Waals surface area contributed by atoms with Crippen molar-refractivity contribution in [1.29, 1.82) is 47.4 Å². The molecule has 0 heterocycles. The second-order valence-corrected chi connectivity index (χ2v) is 12.5. The molecule has 0 atom stereocenters. The summed E-state index contributed by atoms with van der Waals surface area (Å²) in [6.45, 7) is 0. The molecule has 4 rings (SSSR count). The standard InChI is InChI=1S/C39H3F18N9/c40-34(41,42)22-1-23(35(43,44)45)14(5-59)28(13(22)4-58)19(10-64)31-32(20(11-65)29-15(6-60)24(36(46,47)48)2-25(16(29)7-61)37(49,50)51)33(31)21(12-66)30-17(8-62)26(38(52,53)54)3-27(18(30)9-63)39(55,56)57/h1-3H. The van der Waals surface area contributed by atoms with Crippen LogP contribution in [0.4, 0.5) is 79.0 Å². The molecule has 0 aromatic heterocycles. The van der Waals surface area contributed by atoms with E-state index in [2.05, 4.69) is 0 Å². The fourth-order valence-electron chi connectivity index (χ4n) is 6.49. The number of alkyl halides is 18. The van der Waals surface area contributed by atoms with Crippen molar-refractivity contribution >= 4 is 16.7 Å². The molecule has 0 N–H and O–H groups in total. The first-order valence-corrected chi connectivity index (χ1v) is 16.1. The summed E-state index contributed by atoms with van der Waals surface area (Å²) in [5.41, 5.74) is -47.1. The van der Waals surface area contributed by atoms with Crippen LogP contribution in [0.25, 0.3) is 16.7 Å². The van der Waals surface area contributed by atoms with Crippen LogP contribution in [0.1, 0.15) is 83.5 Å². The van der Waals surface area contributed by atoms with Crippen LogP contribution in [0.3, 0.4) is 0 Å². The van der Waals surface area contributed by atoms with Crippen molar-refractivity contribution < 1.29 is 79.0 Å². The lowest BCUT2D eigenvalue weighted by Crippen LogP contribution is -2.17. The maximum atomic E-state index is 14.3. The molecule has 1 fully saturated rings. The number of allylic oxidation sites excluding steroid dienone is 6. The van der Waals surface area contributed by atoms with Crippen LogP contribution in [0.15, 0.2) is 34.9 Å². The van der Waals surface area contributed by atoms with Crippen LogP contribution in [0, 0.1) is 102 Å². The lowest BCUT2D eigenvalue weighted by Gasteiger charge is -2.19. The fourth-order valence-corrected chi connectivity index (χ4v) is 6.49. The highest BCUT2D eigenvalue weighted by molar-refractivity contribution is 6.14. The predicted octanol–water partition coefficient (Wildman–Crippen LogP) is 11.3. The molecule has 9 nitrogen and oxygen atoms in total. The lowest BCUT2D eigenvalue weighted by atomic mass is 9.86. The molecule has 0 spiro atoms. The summed E-state index contributed by atoms with van der Waals surface area (Å²) in [5, 5.41) is 90.3. The first kappa shape index (κ1) is 49.7. The van der Waals surface area contributed by atoms with Gasteiger partial charge in [-0.15, -0.1) is 0 Å². The number of rotatable bonds is 3. The number of halogens is 18. The first-order chi connectivity index (χ1) is 30.2. The van der Waals surface area contributed by atoms with Gasteiger partial charge in [0.2, 0.25) is 0 Å². The van der Waals surface area contributed by atoms with Crippen molar-refractivity contribution in [2.75, 3.05) is 0 Å². The molecule has 330 valence electrons. The molecule has 1 aliphatic carbocycles. The van der Waals surface area contributed by atoms with Crippen LogP contribution in [0.2, 0.25) is 0 Å². The molecule has 0 radical (unpaired) electrons. The number of hydrogen-bond donors (Lipinski definition) is 0. The van der Waals surface area contributed by atoms with Gasteiger partial charge in [0.05, 0.1) is 83.5 Å². The lowest BCUT2D eigenvalue weighted by molar-refractivity contribution is -0.145. The van der Waals surface area contributed by atoms with Gasteiger partial charge in [0.15, 0.2) is 0 Å². The molecule has 3 aromatic carbocycles. The summed E-state index contributed by atoms with van der Waals surface area (Å²) >= 11 is 0. The quantitative estimate of drug-likeness (QED) is 0.180. The second-order valence-electron chi connectivity index (χ2n) is 12.5. The van der Waals surface area contributed by atoms with Crippen molar-refractivity contribution in [3.8, 4) is 54.6 Å². The molecule has 1 aliphatic rings. The van der Waals surface area contributed by atoms with Crippen LogP contribution in [0.5, 0.6) is 0 Å². The molecule has 0 amide bonds. The van der Waals surface area contributed by atoms with Gasteiger partial charge in [0.1, 0.15) is 54.6 Å². The Morgan fingerprint density at radius 3 is 0.500 bits per heavy atom. The molecule has 0 unspecified atom stereocenters. The zero-order chi connectivity index (χ0) is 50.6. The van der Waals surface area contributed by atoms with E-state index in [1.165, 1.54) is 0 Å². The third-order valence-electron chi connectivity index (χ3n) is 9.01. The highest BCUT2D eigenvalue weighted by Crippen LogP contribution is 2.59. The summed E-state index contributed by atoms with van der Waals surface area (Å²) in [6, 6.07) is 4.26. The molecule has 66 heavy (non-hydrogen) atoms. The molecule has 0 aliphatic heterocycles. The average molecular weight is 939 g/mol. The highest BCUT2D eigenvalue weighted by atomic mass is 19.4. The molecular weight excluding hydrogens is 936 g/mol. The van der Waals surface area contributed by atoms with E-state index in [9.17, 15) is 126 Å².